The van der Waals surface area contributed by atoms with Crippen LogP contribution in [-0.2, 0) is 14.4 Å². The van der Waals surface area contributed by atoms with E-state index in [0.29, 0.717) is 43.0 Å². The number of carbonyl (C=O) groups is 2. The fourth-order valence-electron chi connectivity index (χ4n) is 9.61. The number of oxime groups is 1. The van der Waals surface area contributed by atoms with E-state index in [0.717, 1.165) is 60.3 Å². The number of fused-ring (bicyclic) bond motifs is 2. The van der Waals surface area contributed by atoms with Crippen molar-refractivity contribution in [1.82, 2.24) is 5.32 Å². The van der Waals surface area contributed by atoms with Gasteiger partial charge in [-0.2, -0.15) is 0 Å². The molecule has 354 valence electrons. The molecule has 2 aromatic carbocycles. The average Bonchev–Trinajstić information content (AvgIpc) is 3.26. The van der Waals surface area contributed by atoms with Crippen molar-refractivity contribution in [3.05, 3.63) is 72.3 Å². The zero-order valence-electron chi connectivity index (χ0n) is 39.3. The molecule has 6 atom stereocenters. The van der Waals surface area contributed by atoms with Crippen LogP contribution in [0.5, 0.6) is 11.5 Å². The first-order valence-corrected chi connectivity index (χ1v) is 25.1. The molecule has 5 rings (SSSR count). The van der Waals surface area contributed by atoms with Crippen LogP contribution >= 0.6 is 11.8 Å². The van der Waals surface area contributed by atoms with E-state index < -0.39 is 17.5 Å². The molecule has 0 bridgehead atoms. The summed E-state index contributed by atoms with van der Waals surface area (Å²) in [6, 6.07) is 13.5. The molecule has 12 heteroatoms. The molecule has 1 heterocycles. The molecular formula is C52H77N3O8S. The van der Waals surface area contributed by atoms with Crippen molar-refractivity contribution in [1.29, 1.82) is 0 Å². The molecular weight excluding hydrogens is 827 g/mol. The van der Waals surface area contributed by atoms with Crippen molar-refractivity contribution in [2.24, 2.45) is 22.9 Å². The van der Waals surface area contributed by atoms with Crippen molar-refractivity contribution in [3.63, 3.8) is 0 Å². The lowest BCUT2D eigenvalue weighted by atomic mass is 9.56. The van der Waals surface area contributed by atoms with Gasteiger partial charge in [-0.15, -0.1) is 18.3 Å². The minimum Gasteiger partial charge on any atom is -0.460 e. The third-order valence-electron chi connectivity index (χ3n) is 12.5. The maximum Gasteiger partial charge on any atom is 0.412 e. The summed E-state index contributed by atoms with van der Waals surface area (Å²) in [6.07, 6.45) is 21.1. The Morgan fingerprint density at radius 3 is 2.23 bits per heavy atom. The van der Waals surface area contributed by atoms with Gasteiger partial charge in [-0.05, 0) is 113 Å². The second-order valence-corrected chi connectivity index (χ2v) is 20.0. The summed E-state index contributed by atoms with van der Waals surface area (Å²) in [5.41, 5.74) is 2.97. The average molecular weight is 904 g/mol. The number of anilines is 1. The van der Waals surface area contributed by atoms with Crippen LogP contribution in [0.25, 0.3) is 0 Å². The van der Waals surface area contributed by atoms with Crippen LogP contribution in [0.15, 0.2) is 76.8 Å². The highest BCUT2D eigenvalue weighted by Gasteiger charge is 2.64. The predicted octanol–water partition coefficient (Wildman–Crippen LogP) is 11.9. The van der Waals surface area contributed by atoms with E-state index in [1.165, 1.54) is 58.3 Å². The van der Waals surface area contributed by atoms with Crippen molar-refractivity contribution in [2.75, 3.05) is 31.7 Å². The maximum absolute atomic E-state index is 13.3. The van der Waals surface area contributed by atoms with Gasteiger partial charge < -0.3 is 39.9 Å². The topological polar surface area (TPSA) is 148 Å². The van der Waals surface area contributed by atoms with E-state index in [1.807, 2.05) is 57.2 Å². The van der Waals surface area contributed by atoms with Gasteiger partial charge >= 0.3 is 6.09 Å². The van der Waals surface area contributed by atoms with Gasteiger partial charge in [0.15, 0.2) is 0 Å². The molecule has 6 unspecified atom stereocenters. The lowest BCUT2D eigenvalue weighted by Crippen LogP contribution is -2.64. The number of rotatable bonds is 27. The van der Waals surface area contributed by atoms with Gasteiger partial charge in [0, 0.05) is 55.2 Å². The van der Waals surface area contributed by atoms with Crippen molar-refractivity contribution in [3.8, 4) is 11.5 Å². The number of nitrogens with one attached hydrogen (secondary N) is 2. The monoisotopic (exact) mass is 904 g/mol. The molecule has 2 aromatic rings. The zero-order chi connectivity index (χ0) is 46.0. The number of hydrogen-bond acceptors (Lipinski definition) is 10. The van der Waals surface area contributed by atoms with Crippen LogP contribution in [0, 0.1) is 17.8 Å². The maximum atomic E-state index is 13.3. The Hall–Kier alpha value is -3.84. The molecule has 2 aliphatic carbocycles. The number of thioether (sulfide) groups is 1. The molecule has 0 radical (unpaired) electrons. The number of aliphatic hydroxyl groups excluding tert-OH is 2. The molecule has 0 saturated heterocycles. The Labute approximate surface area is 387 Å². The minimum absolute atomic E-state index is 0.0965. The van der Waals surface area contributed by atoms with Crippen LogP contribution in [0.3, 0.4) is 0 Å². The van der Waals surface area contributed by atoms with E-state index in [1.54, 1.807) is 23.9 Å². The molecule has 11 nitrogen and oxygen atoms in total. The number of benzene rings is 2. The first-order chi connectivity index (χ1) is 30.9. The zero-order valence-corrected chi connectivity index (χ0v) is 40.2. The van der Waals surface area contributed by atoms with Gasteiger partial charge in [0.05, 0.1) is 23.5 Å². The van der Waals surface area contributed by atoms with Crippen LogP contribution in [0.4, 0.5) is 10.5 Å². The number of unbranched alkanes of at least 4 members (excludes halogenated alkanes) is 11. The lowest BCUT2D eigenvalue weighted by molar-refractivity contribution is -0.223. The second kappa shape index (κ2) is 25.7. The number of hydrogen-bond donors (Lipinski definition) is 4. The van der Waals surface area contributed by atoms with E-state index in [2.05, 4.69) is 30.2 Å². The normalized spacial score (nSPS) is 23.0. The number of carbonyl (C=O) groups excluding carboxylic acids is 2. The van der Waals surface area contributed by atoms with Gasteiger partial charge in [0.1, 0.15) is 17.1 Å². The van der Waals surface area contributed by atoms with Gasteiger partial charge in [-0.25, -0.2) is 4.79 Å². The number of allylic oxidation sites excluding steroid dienone is 1. The number of ether oxygens (including phenoxy) is 3. The molecule has 0 aromatic heterocycles. The summed E-state index contributed by atoms with van der Waals surface area (Å²) in [4.78, 5) is 32.3. The Kier molecular flexibility index (Phi) is 20.6. The van der Waals surface area contributed by atoms with Crippen molar-refractivity contribution < 1.29 is 38.9 Å². The van der Waals surface area contributed by atoms with Crippen molar-refractivity contribution in [2.45, 2.75) is 171 Å². The minimum atomic E-state index is -1.18. The van der Waals surface area contributed by atoms with E-state index >= 15 is 0 Å². The molecule has 1 fully saturated rings. The summed E-state index contributed by atoms with van der Waals surface area (Å²) in [7, 11) is 0. The second-order valence-electron chi connectivity index (χ2n) is 18.8. The van der Waals surface area contributed by atoms with E-state index in [-0.39, 0.29) is 54.6 Å². The highest BCUT2D eigenvalue weighted by Crippen LogP contribution is 2.63. The summed E-state index contributed by atoms with van der Waals surface area (Å²) in [5, 5.41) is 30.3. The molecule has 1 aliphatic heterocycles. The third kappa shape index (κ3) is 14.6. The first-order valence-electron chi connectivity index (χ1n) is 24.2. The molecule has 3 aliphatic rings. The number of amides is 2. The van der Waals surface area contributed by atoms with Crippen molar-refractivity contribution >= 4 is 35.2 Å². The fraction of sp³-hybridized carbons (Fsp3) is 0.635. The summed E-state index contributed by atoms with van der Waals surface area (Å²) >= 11 is 1.65. The summed E-state index contributed by atoms with van der Waals surface area (Å²) in [5.74, 6) is -0.500. The van der Waals surface area contributed by atoms with Crippen LogP contribution in [0.1, 0.15) is 155 Å². The van der Waals surface area contributed by atoms with Gasteiger partial charge in [-0.1, -0.05) is 94.9 Å². The molecule has 64 heavy (non-hydrogen) atoms. The van der Waals surface area contributed by atoms with Gasteiger partial charge in [-0.3, -0.25) is 4.79 Å². The van der Waals surface area contributed by atoms with Gasteiger partial charge in [0.25, 0.3) is 0 Å². The lowest BCUT2D eigenvalue weighted by Gasteiger charge is -2.58. The van der Waals surface area contributed by atoms with Crippen LogP contribution in [0.2, 0.25) is 0 Å². The Morgan fingerprint density at radius 1 is 0.922 bits per heavy atom. The standard InChI is InChI=1S/C52H77N3O8S/c1-7-9-10-11-12-13-14-15-16-19-30-53-50(59)61-40-26-29-46-44(35-40)48-42(23-18-21-32-57)38(22-17-20-31-56)34-43-45(55-63-51(4,5)6)36-47(52(62-46,49(43)48)60-33-8-2)64-41-27-24-39(25-28-41)54-37(3)58/h8,24-29,34-35,38,42,47-49,56-57H,2,7,9-23,30-33,36H2,1,3-6H3,(H,53,59)(H,54,58). The van der Waals surface area contributed by atoms with Gasteiger partial charge in [0.2, 0.25) is 11.7 Å². The molecule has 4 N–H and O–H groups in total. The van der Waals surface area contributed by atoms with Crippen LogP contribution < -0.4 is 20.1 Å². The Bertz CT molecular complexity index is 1840. The SMILES string of the molecule is C=CCOC12Oc3ccc(OC(=O)NCCCCCCCCCCCC)cc3C3C(CCCCO)C(CCCCO)C=C(C(=NOC(C)(C)C)CC1Sc1ccc(NC(C)=O)cc1)C32. The van der Waals surface area contributed by atoms with Crippen LogP contribution in [-0.4, -0.2) is 70.9 Å². The largest absolute Gasteiger partial charge is 0.460 e. The molecule has 0 spiro atoms. The summed E-state index contributed by atoms with van der Waals surface area (Å²) in [6.45, 7) is 14.8. The quantitative estimate of drug-likeness (QED) is 0.0391. The highest BCUT2D eigenvalue weighted by atomic mass is 32.2. The number of aliphatic hydroxyl groups is 2. The number of nitrogens with zero attached hydrogens (tertiary/aromatic N) is 1. The fourth-order valence-corrected chi connectivity index (χ4v) is 10.9. The molecule has 2 amide bonds. The first kappa shape index (κ1) is 51.1. The summed E-state index contributed by atoms with van der Waals surface area (Å²) < 4.78 is 20.4. The third-order valence-corrected chi connectivity index (χ3v) is 13.8. The highest BCUT2D eigenvalue weighted by molar-refractivity contribution is 8.00. The Morgan fingerprint density at radius 2 is 1.59 bits per heavy atom. The predicted molar refractivity (Wildman–Crippen MR) is 258 cm³/mol. The molecule has 1 saturated carbocycles. The van der Waals surface area contributed by atoms with E-state index in [9.17, 15) is 19.8 Å². The smallest absolute Gasteiger partial charge is 0.412 e. The Balaban J connectivity index is 1.52. The van der Waals surface area contributed by atoms with E-state index in [4.69, 9.17) is 24.2 Å².